The molecule has 0 aliphatic heterocycles. The number of ether oxygens (including phenoxy) is 1. The van der Waals surface area contributed by atoms with Crippen LogP contribution >= 0.6 is 11.6 Å². The second-order valence-corrected chi connectivity index (χ2v) is 9.86. The number of rotatable bonds is 5. The van der Waals surface area contributed by atoms with Crippen LogP contribution in [0.25, 0.3) is 33.0 Å². The van der Waals surface area contributed by atoms with Crippen LogP contribution in [0.1, 0.15) is 44.9 Å². The molecule has 3 heteroatoms. The highest BCUT2D eigenvalue weighted by molar-refractivity contribution is 6.30. The molecule has 0 bridgehead atoms. The monoisotopic (exact) mass is 456 g/mol. The number of fused-ring (bicyclic) bond motifs is 1. The number of hydrogen-bond donors (Lipinski definition) is 0. The summed E-state index contributed by atoms with van der Waals surface area (Å²) in [5.74, 6) is -0.0162. The summed E-state index contributed by atoms with van der Waals surface area (Å²) in [7, 11) is 0. The lowest BCUT2D eigenvalue weighted by Crippen LogP contribution is -2.27. The molecule has 0 aliphatic rings. The summed E-state index contributed by atoms with van der Waals surface area (Å²) < 4.78 is 6.42. The standard InChI is InChI=1S/C30H29ClO2/c1-19-26(21-11-7-6-8-12-21)24-13-9-10-14-25(24)28(22-15-17-23(31)18-16-22)27(19)29(20(2)32)33-30(3,4)5/h6-18,29H,1-5H3. The van der Waals surface area contributed by atoms with Crippen LogP contribution in [0.3, 0.4) is 0 Å². The molecule has 1 unspecified atom stereocenters. The molecule has 0 saturated carbocycles. The third kappa shape index (κ3) is 4.73. The molecule has 0 N–H and O–H groups in total. The SMILES string of the molecule is CC(=O)C(OC(C)(C)C)c1c(C)c(-c2ccccc2)c2ccccc2c1-c1ccc(Cl)cc1. The molecule has 0 heterocycles. The smallest absolute Gasteiger partial charge is 0.163 e. The van der Waals surface area contributed by atoms with Crippen LogP contribution in [0.15, 0.2) is 78.9 Å². The van der Waals surface area contributed by atoms with Gasteiger partial charge in [-0.2, -0.15) is 0 Å². The zero-order chi connectivity index (χ0) is 23.8. The van der Waals surface area contributed by atoms with E-state index in [2.05, 4.69) is 37.3 Å². The topological polar surface area (TPSA) is 26.3 Å². The zero-order valence-corrected chi connectivity index (χ0v) is 20.5. The fraction of sp³-hybridized carbons (Fsp3) is 0.233. The largest absolute Gasteiger partial charge is 0.360 e. The molecule has 0 radical (unpaired) electrons. The maximum absolute atomic E-state index is 13.0. The van der Waals surface area contributed by atoms with Gasteiger partial charge in [-0.25, -0.2) is 0 Å². The van der Waals surface area contributed by atoms with Gasteiger partial charge in [0.25, 0.3) is 0 Å². The van der Waals surface area contributed by atoms with E-state index in [0.29, 0.717) is 5.02 Å². The summed E-state index contributed by atoms with van der Waals surface area (Å²) in [6.07, 6.45) is -0.692. The number of benzene rings is 4. The van der Waals surface area contributed by atoms with Gasteiger partial charge < -0.3 is 4.74 Å². The quantitative estimate of drug-likeness (QED) is 0.300. The van der Waals surface area contributed by atoms with E-state index < -0.39 is 11.7 Å². The highest BCUT2D eigenvalue weighted by atomic mass is 35.5. The molecule has 33 heavy (non-hydrogen) atoms. The predicted octanol–water partition coefficient (Wildman–Crippen LogP) is 8.58. The van der Waals surface area contributed by atoms with Crippen LogP contribution in [0.2, 0.25) is 5.02 Å². The molecule has 4 rings (SSSR count). The molecule has 168 valence electrons. The summed E-state index contributed by atoms with van der Waals surface area (Å²) >= 11 is 6.22. The van der Waals surface area contributed by atoms with Crippen LogP contribution in [-0.2, 0) is 9.53 Å². The first-order chi connectivity index (χ1) is 15.7. The number of halogens is 1. The van der Waals surface area contributed by atoms with E-state index in [1.807, 2.05) is 69.3 Å². The Bertz CT molecular complexity index is 1300. The lowest BCUT2D eigenvalue weighted by Gasteiger charge is -2.31. The number of carbonyl (C=O) groups excluding carboxylic acids is 1. The van der Waals surface area contributed by atoms with E-state index in [1.54, 1.807) is 6.92 Å². The molecule has 4 aromatic rings. The van der Waals surface area contributed by atoms with Crippen molar-refractivity contribution in [3.63, 3.8) is 0 Å². The van der Waals surface area contributed by atoms with E-state index in [-0.39, 0.29) is 5.78 Å². The molecule has 0 amide bonds. The Morgan fingerprint density at radius 3 is 1.85 bits per heavy atom. The van der Waals surface area contributed by atoms with E-state index in [1.165, 1.54) is 0 Å². The molecule has 4 aromatic carbocycles. The van der Waals surface area contributed by atoms with E-state index in [0.717, 1.165) is 44.2 Å². The van der Waals surface area contributed by atoms with E-state index >= 15 is 0 Å². The van der Waals surface area contributed by atoms with Gasteiger partial charge in [-0.05, 0) is 85.3 Å². The van der Waals surface area contributed by atoms with Gasteiger partial charge in [-0.15, -0.1) is 0 Å². The molecular weight excluding hydrogens is 428 g/mol. The Morgan fingerprint density at radius 2 is 1.30 bits per heavy atom. The zero-order valence-electron chi connectivity index (χ0n) is 19.8. The first-order valence-electron chi connectivity index (χ1n) is 11.2. The first-order valence-corrected chi connectivity index (χ1v) is 11.6. The third-order valence-electron chi connectivity index (χ3n) is 5.81. The highest BCUT2D eigenvalue weighted by Crippen LogP contribution is 2.45. The molecule has 0 aromatic heterocycles. The number of ketones is 1. The minimum atomic E-state index is -0.692. The van der Waals surface area contributed by atoms with Crippen molar-refractivity contribution < 1.29 is 9.53 Å². The van der Waals surface area contributed by atoms with Crippen LogP contribution in [0.4, 0.5) is 0 Å². The number of Topliss-reactive ketones (excluding diaryl/α,β-unsaturated/α-hetero) is 1. The summed E-state index contributed by atoms with van der Waals surface area (Å²) in [5.41, 5.74) is 5.75. The van der Waals surface area contributed by atoms with Crippen LogP contribution in [0, 0.1) is 6.92 Å². The predicted molar refractivity (Wildman–Crippen MR) is 139 cm³/mol. The molecule has 1 atom stereocenters. The molecule has 2 nitrogen and oxygen atoms in total. The average molecular weight is 457 g/mol. The number of carbonyl (C=O) groups is 1. The molecular formula is C30H29ClO2. The normalized spacial score (nSPS) is 12.7. The molecule has 0 aliphatic carbocycles. The fourth-order valence-corrected chi connectivity index (χ4v) is 4.65. The van der Waals surface area contributed by atoms with Gasteiger partial charge in [0.1, 0.15) is 6.10 Å². The third-order valence-corrected chi connectivity index (χ3v) is 6.06. The Morgan fingerprint density at radius 1 is 0.788 bits per heavy atom. The summed E-state index contributed by atoms with van der Waals surface area (Å²) in [5, 5.41) is 2.91. The van der Waals surface area contributed by atoms with Crippen molar-refractivity contribution in [3.8, 4) is 22.3 Å². The fourth-order valence-electron chi connectivity index (χ4n) is 4.52. The van der Waals surface area contributed by atoms with E-state index in [9.17, 15) is 4.79 Å². The maximum atomic E-state index is 13.0. The summed E-state index contributed by atoms with van der Waals surface area (Å²) in [4.78, 5) is 13.0. The minimum Gasteiger partial charge on any atom is -0.360 e. The van der Waals surface area contributed by atoms with Gasteiger partial charge in [0.15, 0.2) is 5.78 Å². The number of hydrogen-bond acceptors (Lipinski definition) is 2. The second-order valence-electron chi connectivity index (χ2n) is 9.43. The van der Waals surface area contributed by atoms with Crippen LogP contribution in [0.5, 0.6) is 0 Å². The lowest BCUT2D eigenvalue weighted by molar-refractivity contribution is -0.138. The lowest BCUT2D eigenvalue weighted by atomic mass is 9.81. The van der Waals surface area contributed by atoms with Crippen molar-refractivity contribution in [2.45, 2.75) is 46.3 Å². The summed E-state index contributed by atoms with van der Waals surface area (Å²) in [6.45, 7) is 9.67. The van der Waals surface area contributed by atoms with Gasteiger partial charge in [0.05, 0.1) is 5.60 Å². The van der Waals surface area contributed by atoms with Crippen molar-refractivity contribution in [2.24, 2.45) is 0 Å². The Kier molecular flexibility index (Phi) is 6.43. The van der Waals surface area contributed by atoms with Crippen LogP contribution in [-0.4, -0.2) is 11.4 Å². The Labute approximate surface area is 201 Å². The summed E-state index contributed by atoms with van der Waals surface area (Å²) in [6, 6.07) is 26.6. The van der Waals surface area contributed by atoms with Gasteiger partial charge >= 0.3 is 0 Å². The van der Waals surface area contributed by atoms with Gasteiger partial charge in [-0.3, -0.25) is 4.79 Å². The van der Waals surface area contributed by atoms with Crippen molar-refractivity contribution in [2.75, 3.05) is 0 Å². The average Bonchev–Trinajstić information content (AvgIpc) is 2.77. The highest BCUT2D eigenvalue weighted by Gasteiger charge is 2.31. The van der Waals surface area contributed by atoms with Crippen molar-refractivity contribution in [1.82, 2.24) is 0 Å². The first kappa shape index (κ1) is 23.2. The second kappa shape index (κ2) is 9.13. The van der Waals surface area contributed by atoms with Crippen molar-refractivity contribution in [3.05, 3.63) is 95.0 Å². The van der Waals surface area contributed by atoms with Gasteiger partial charge in [0.2, 0.25) is 0 Å². The van der Waals surface area contributed by atoms with Crippen LogP contribution < -0.4 is 0 Å². The minimum absolute atomic E-state index is 0.0162. The Balaban J connectivity index is 2.17. The molecule has 0 spiro atoms. The van der Waals surface area contributed by atoms with Crippen molar-refractivity contribution in [1.29, 1.82) is 0 Å². The van der Waals surface area contributed by atoms with Gasteiger partial charge in [0, 0.05) is 10.6 Å². The Hall–Kier alpha value is -2.94. The maximum Gasteiger partial charge on any atom is 0.163 e. The molecule has 0 fully saturated rings. The molecule has 0 saturated heterocycles. The van der Waals surface area contributed by atoms with Crippen molar-refractivity contribution >= 4 is 28.2 Å². The van der Waals surface area contributed by atoms with E-state index in [4.69, 9.17) is 16.3 Å². The van der Waals surface area contributed by atoms with Gasteiger partial charge in [-0.1, -0.05) is 78.3 Å².